The van der Waals surface area contributed by atoms with Gasteiger partial charge in [-0.3, -0.25) is 0 Å². The second-order valence-corrected chi connectivity index (χ2v) is 26.0. The van der Waals surface area contributed by atoms with Crippen molar-refractivity contribution in [3.8, 4) is 28.7 Å². The zero-order valence-electron chi connectivity index (χ0n) is 47.9. The van der Waals surface area contributed by atoms with E-state index in [2.05, 4.69) is 165 Å². The van der Waals surface area contributed by atoms with E-state index in [0.29, 0.717) is 88.1 Å². The number of carbonyl (C=O) groups is 1. The number of fused-ring (bicyclic) bond motifs is 4. The lowest BCUT2D eigenvalue weighted by atomic mass is 9.79. The maximum atomic E-state index is 12.9. The molecule has 0 radical (unpaired) electrons. The average molecular weight is 1030 g/mol. The smallest absolute Gasteiger partial charge is 0.341 e. The minimum Gasteiger partial charge on any atom is -0.507 e. The summed E-state index contributed by atoms with van der Waals surface area (Å²) < 4.78 is 38.4. The number of ether oxygens (including phenoxy) is 6. The molecule has 7 rings (SSSR count). The Balaban J connectivity index is 1.66. The summed E-state index contributed by atoms with van der Waals surface area (Å²) in [7, 11) is 0. The lowest BCUT2D eigenvalue weighted by Gasteiger charge is -2.28. The predicted octanol–water partition coefficient (Wildman–Crippen LogP) is 13.1. The molecule has 0 saturated carbocycles. The van der Waals surface area contributed by atoms with Gasteiger partial charge < -0.3 is 43.7 Å². The molecule has 10 nitrogen and oxygen atoms in total. The fourth-order valence-electron chi connectivity index (χ4n) is 9.94. The number of aliphatic carboxylic acids is 1. The van der Waals surface area contributed by atoms with Crippen LogP contribution in [0.3, 0.4) is 0 Å². The van der Waals surface area contributed by atoms with Crippen LogP contribution in [0.5, 0.6) is 28.7 Å². The highest BCUT2D eigenvalue weighted by Gasteiger charge is 2.30. The number of carboxylic acids is 1. The van der Waals surface area contributed by atoms with Gasteiger partial charge in [-0.25, -0.2) is 4.79 Å². The quantitative estimate of drug-likeness (QED) is 0.157. The highest BCUT2D eigenvalue weighted by Crippen LogP contribution is 2.45. The van der Waals surface area contributed by atoms with Gasteiger partial charge in [0.05, 0.1) is 39.6 Å². The van der Waals surface area contributed by atoms with Crippen LogP contribution in [-0.4, -0.2) is 80.8 Å². The normalized spacial score (nSPS) is 15.8. The molecule has 10 heteroatoms. The molecule has 5 aromatic carbocycles. The van der Waals surface area contributed by atoms with E-state index in [1.54, 1.807) is 0 Å². The van der Waals surface area contributed by atoms with E-state index in [0.717, 1.165) is 77.9 Å². The Morgan fingerprint density at radius 3 is 0.880 bits per heavy atom. The third kappa shape index (κ3) is 14.3. The summed E-state index contributed by atoms with van der Waals surface area (Å²) >= 11 is 0. The number of rotatable bonds is 3. The zero-order valence-corrected chi connectivity index (χ0v) is 47.9. The van der Waals surface area contributed by atoms with Crippen LogP contribution in [0, 0.1) is 0 Å². The number of aromatic hydroxyl groups is 2. The van der Waals surface area contributed by atoms with Gasteiger partial charge in [0, 0.05) is 32.1 Å². The summed E-state index contributed by atoms with van der Waals surface area (Å²) in [4.78, 5) is 12.5. The van der Waals surface area contributed by atoms with Crippen molar-refractivity contribution in [2.45, 2.75) is 163 Å². The molecule has 0 saturated heterocycles. The van der Waals surface area contributed by atoms with Crippen molar-refractivity contribution in [2.24, 2.45) is 0 Å². The molecular weight excluding hydrogens is 941 g/mol. The molecule has 75 heavy (non-hydrogen) atoms. The van der Waals surface area contributed by atoms with E-state index in [9.17, 15) is 20.1 Å². The standard InChI is InChI=1S/C65H86O10/c1-61(2,3)50-29-40-24-44-33-52(63(7,8)9)34-45-25-41-30-51(62(4,5)6)32-43(57(41)69)27-47-36-54(65(13,14)15)38-49(60(47)75-39-55(66)67)28-48-37-53(64(10,11)12)35-46(26-42(31-50)56(40)68)59(48)74-23-21-72-19-17-70-16-18-71-20-22-73-58(44)45/h29-38,68-69H,16-28,39H2,1-15H3,(H,66,67). The Hall–Kier alpha value is -5.55. The molecule has 0 atom stereocenters. The molecule has 1 aliphatic heterocycles. The van der Waals surface area contributed by atoms with Crippen molar-refractivity contribution in [1.29, 1.82) is 0 Å². The van der Waals surface area contributed by atoms with Gasteiger partial charge >= 0.3 is 5.97 Å². The molecule has 1 aliphatic carbocycles. The van der Waals surface area contributed by atoms with Crippen LogP contribution in [0.4, 0.5) is 0 Å². The molecular formula is C65H86O10. The van der Waals surface area contributed by atoms with Gasteiger partial charge in [0.25, 0.3) is 0 Å². The van der Waals surface area contributed by atoms with Gasteiger partial charge in [-0.1, -0.05) is 165 Å². The molecule has 12 bridgehead atoms. The molecule has 0 unspecified atom stereocenters. The third-order valence-electron chi connectivity index (χ3n) is 14.5. The second-order valence-electron chi connectivity index (χ2n) is 26.0. The van der Waals surface area contributed by atoms with Crippen LogP contribution in [-0.2, 0) is 78.2 Å². The molecule has 0 fully saturated rings. The van der Waals surface area contributed by atoms with E-state index in [4.69, 9.17) is 28.4 Å². The van der Waals surface area contributed by atoms with Gasteiger partial charge in [0.1, 0.15) is 42.0 Å². The van der Waals surface area contributed by atoms with E-state index in [1.807, 2.05) is 0 Å². The predicted molar refractivity (Wildman–Crippen MR) is 300 cm³/mol. The molecule has 5 aromatic rings. The summed E-state index contributed by atoms with van der Waals surface area (Å²) in [6.45, 7) is 35.0. The highest BCUT2D eigenvalue weighted by molar-refractivity contribution is 5.69. The maximum Gasteiger partial charge on any atom is 0.341 e. The Morgan fingerprint density at radius 2 is 0.613 bits per heavy atom. The Morgan fingerprint density at radius 1 is 0.387 bits per heavy atom. The van der Waals surface area contributed by atoms with Crippen LogP contribution in [0.15, 0.2) is 60.7 Å². The average Bonchev–Trinajstić information content (AvgIpc) is 3.28. The summed E-state index contributed by atoms with van der Waals surface area (Å²) in [6, 6.07) is 21.6. The fraction of sp³-hybridized carbons (Fsp3) is 0.523. The molecule has 0 amide bonds. The van der Waals surface area contributed by atoms with Crippen LogP contribution >= 0.6 is 0 Å². The van der Waals surface area contributed by atoms with Crippen LogP contribution < -0.4 is 14.2 Å². The zero-order chi connectivity index (χ0) is 54.8. The molecule has 0 spiro atoms. The first-order chi connectivity index (χ1) is 35.0. The Kier molecular flexibility index (Phi) is 17.2. The lowest BCUT2D eigenvalue weighted by molar-refractivity contribution is -0.139. The number of hydrogen-bond donors (Lipinski definition) is 3. The van der Waals surface area contributed by atoms with Crippen molar-refractivity contribution in [3.63, 3.8) is 0 Å². The van der Waals surface area contributed by atoms with Crippen molar-refractivity contribution in [3.05, 3.63) is 144 Å². The summed E-state index contributed by atoms with van der Waals surface area (Å²) in [6.07, 6.45) is 1.68. The van der Waals surface area contributed by atoms with Crippen LogP contribution in [0.2, 0.25) is 0 Å². The summed E-state index contributed by atoms with van der Waals surface area (Å²) in [5.41, 5.74) is 12.0. The largest absolute Gasteiger partial charge is 0.507 e. The Bertz CT molecular complexity index is 2860. The van der Waals surface area contributed by atoms with Gasteiger partial charge in [-0.05, 0) is 111 Å². The molecule has 1 heterocycles. The van der Waals surface area contributed by atoms with Gasteiger partial charge in [0.2, 0.25) is 0 Å². The number of carboxylic acid groups (broad SMARTS) is 1. The topological polar surface area (TPSA) is 133 Å². The Labute approximate surface area is 448 Å². The second kappa shape index (κ2) is 22.6. The van der Waals surface area contributed by atoms with Crippen molar-refractivity contribution in [1.82, 2.24) is 0 Å². The number of phenolic OH excluding ortho intramolecular Hbond substituents is 2. The van der Waals surface area contributed by atoms with Gasteiger partial charge in [-0.2, -0.15) is 0 Å². The molecule has 406 valence electrons. The van der Waals surface area contributed by atoms with Gasteiger partial charge in [0.15, 0.2) is 6.61 Å². The van der Waals surface area contributed by atoms with E-state index < -0.39 is 12.6 Å². The molecule has 3 N–H and O–H groups in total. The molecule has 0 aromatic heterocycles. The SMILES string of the molecule is CC(C)(C)c1cc2c(O)c(c1)Cc1cc(C(C)(C)C)cc3c1OCCOCCOCCOCCOc1c(cc(C(C)(C)C)cc1Cc1cc(C(C)(C)C)cc(c1O)Cc1cc(C(C)(C)C)cc(c1OCC(=O)O)C3)C2. The summed E-state index contributed by atoms with van der Waals surface area (Å²) in [5.74, 6) is 1.09. The van der Waals surface area contributed by atoms with E-state index >= 15 is 0 Å². The maximum absolute atomic E-state index is 12.9. The lowest BCUT2D eigenvalue weighted by Crippen LogP contribution is -2.19. The van der Waals surface area contributed by atoms with E-state index in [1.165, 1.54) is 0 Å². The number of hydrogen-bond acceptors (Lipinski definition) is 9. The van der Waals surface area contributed by atoms with Crippen molar-refractivity contribution in [2.75, 3.05) is 59.5 Å². The monoisotopic (exact) mass is 1030 g/mol. The third-order valence-corrected chi connectivity index (χ3v) is 14.5. The van der Waals surface area contributed by atoms with Crippen molar-refractivity contribution < 1.29 is 48.5 Å². The van der Waals surface area contributed by atoms with Crippen molar-refractivity contribution >= 4 is 5.97 Å². The minimum atomic E-state index is -1.09. The number of benzene rings is 5. The number of phenols is 2. The first-order valence-corrected chi connectivity index (χ1v) is 27.0. The molecule has 2 aliphatic rings. The summed E-state index contributed by atoms with van der Waals surface area (Å²) in [5, 5.41) is 35.9. The van der Waals surface area contributed by atoms with E-state index in [-0.39, 0.29) is 58.2 Å². The first kappa shape index (κ1) is 57.2. The van der Waals surface area contributed by atoms with Gasteiger partial charge in [-0.15, -0.1) is 0 Å². The van der Waals surface area contributed by atoms with Crippen LogP contribution in [0.1, 0.15) is 187 Å². The highest BCUT2D eigenvalue weighted by atomic mass is 16.6. The first-order valence-electron chi connectivity index (χ1n) is 27.0. The fourth-order valence-corrected chi connectivity index (χ4v) is 9.94. The minimum absolute atomic E-state index is 0.156. The van der Waals surface area contributed by atoms with Crippen LogP contribution in [0.25, 0.3) is 0 Å².